The molecule has 5 heteroatoms. The Labute approximate surface area is 100 Å². The van der Waals surface area contributed by atoms with Crippen LogP contribution in [0.15, 0.2) is 12.3 Å². The lowest BCUT2D eigenvalue weighted by Crippen LogP contribution is -2.24. The Balaban J connectivity index is 2.29. The van der Waals surface area contributed by atoms with Gasteiger partial charge in [-0.2, -0.15) is 0 Å². The summed E-state index contributed by atoms with van der Waals surface area (Å²) in [6.07, 6.45) is 2.51. The molecule has 0 amide bonds. The van der Waals surface area contributed by atoms with Crippen molar-refractivity contribution < 1.29 is 9.90 Å². The monoisotopic (exact) mass is 235 g/mol. The quantitative estimate of drug-likeness (QED) is 0.813. The van der Waals surface area contributed by atoms with Crippen molar-refractivity contribution in [2.45, 2.75) is 20.3 Å². The van der Waals surface area contributed by atoms with E-state index in [4.69, 9.17) is 10.8 Å². The van der Waals surface area contributed by atoms with Crippen molar-refractivity contribution >= 4 is 17.5 Å². The third-order valence-electron chi connectivity index (χ3n) is 3.15. The van der Waals surface area contributed by atoms with E-state index in [2.05, 4.69) is 23.7 Å². The summed E-state index contributed by atoms with van der Waals surface area (Å²) in [7, 11) is 0. The molecule has 0 saturated carbocycles. The average Bonchev–Trinajstić information content (AvgIpc) is 2.59. The summed E-state index contributed by atoms with van der Waals surface area (Å²) in [4.78, 5) is 17.3. The Morgan fingerprint density at radius 3 is 2.82 bits per heavy atom. The van der Waals surface area contributed by atoms with Crippen LogP contribution in [-0.2, 0) is 0 Å². The van der Waals surface area contributed by atoms with Crippen molar-refractivity contribution in [1.82, 2.24) is 4.98 Å². The van der Waals surface area contributed by atoms with E-state index in [-0.39, 0.29) is 16.7 Å². The lowest BCUT2D eigenvalue weighted by molar-refractivity contribution is 0.0698. The third kappa shape index (κ3) is 2.33. The molecule has 0 aromatic carbocycles. The smallest absolute Gasteiger partial charge is 0.337 e. The van der Waals surface area contributed by atoms with Gasteiger partial charge < -0.3 is 15.7 Å². The molecule has 0 unspecified atom stereocenters. The number of aromatic nitrogens is 1. The average molecular weight is 235 g/mol. The highest BCUT2D eigenvalue weighted by molar-refractivity contribution is 5.94. The van der Waals surface area contributed by atoms with Gasteiger partial charge >= 0.3 is 5.97 Å². The van der Waals surface area contributed by atoms with E-state index < -0.39 is 5.97 Å². The normalized spacial score (nSPS) is 18.4. The van der Waals surface area contributed by atoms with Gasteiger partial charge in [-0.05, 0) is 17.9 Å². The molecule has 3 N–H and O–H groups in total. The second kappa shape index (κ2) is 3.91. The number of rotatable bonds is 2. The van der Waals surface area contributed by atoms with E-state index >= 15 is 0 Å². The molecule has 1 fully saturated rings. The van der Waals surface area contributed by atoms with Gasteiger partial charge in [-0.1, -0.05) is 13.8 Å². The molecule has 0 spiro atoms. The first kappa shape index (κ1) is 11.7. The molecule has 1 saturated heterocycles. The van der Waals surface area contributed by atoms with Crippen LogP contribution in [-0.4, -0.2) is 29.1 Å². The van der Waals surface area contributed by atoms with Crippen LogP contribution in [0, 0.1) is 5.41 Å². The molecule has 1 aliphatic heterocycles. The number of nitrogen functional groups attached to an aromatic ring is 1. The van der Waals surface area contributed by atoms with E-state index in [0.717, 1.165) is 19.5 Å². The summed E-state index contributed by atoms with van der Waals surface area (Å²) < 4.78 is 0. The van der Waals surface area contributed by atoms with E-state index in [1.165, 1.54) is 6.20 Å². The van der Waals surface area contributed by atoms with E-state index in [1.807, 2.05) is 0 Å². The number of hydrogen-bond acceptors (Lipinski definition) is 4. The van der Waals surface area contributed by atoms with Gasteiger partial charge in [-0.15, -0.1) is 0 Å². The summed E-state index contributed by atoms with van der Waals surface area (Å²) in [5.74, 6) is -0.313. The number of nitrogens with two attached hydrogens (primary N) is 1. The van der Waals surface area contributed by atoms with Crippen molar-refractivity contribution in [3.8, 4) is 0 Å². The number of nitrogens with zero attached hydrogens (tertiary/aromatic N) is 2. The van der Waals surface area contributed by atoms with Crippen LogP contribution in [0.5, 0.6) is 0 Å². The van der Waals surface area contributed by atoms with Crippen LogP contribution in [0.1, 0.15) is 30.6 Å². The standard InChI is InChI=1S/C12H17N3O2/c1-12(2)3-4-15(7-12)10-5-8(11(16)17)9(13)6-14-10/h5-6H,3-4,7,13H2,1-2H3,(H,16,17). The summed E-state index contributed by atoms with van der Waals surface area (Å²) in [6, 6.07) is 1.55. The van der Waals surface area contributed by atoms with E-state index in [0.29, 0.717) is 5.82 Å². The summed E-state index contributed by atoms with van der Waals surface area (Å²) in [5.41, 5.74) is 6.17. The molecule has 92 valence electrons. The topological polar surface area (TPSA) is 79.5 Å². The molecule has 5 nitrogen and oxygen atoms in total. The van der Waals surface area contributed by atoms with Gasteiger partial charge in [-0.3, -0.25) is 0 Å². The minimum absolute atomic E-state index is 0.125. The maximum absolute atomic E-state index is 11.0. The summed E-state index contributed by atoms with van der Waals surface area (Å²) in [5, 5.41) is 9.01. The van der Waals surface area contributed by atoms with Crippen LogP contribution in [0.3, 0.4) is 0 Å². The fourth-order valence-electron chi connectivity index (χ4n) is 2.12. The first-order valence-electron chi connectivity index (χ1n) is 5.63. The molecule has 2 rings (SSSR count). The fourth-order valence-corrected chi connectivity index (χ4v) is 2.12. The lowest BCUT2D eigenvalue weighted by Gasteiger charge is -2.21. The number of carbonyl (C=O) groups is 1. The Morgan fingerprint density at radius 1 is 1.59 bits per heavy atom. The third-order valence-corrected chi connectivity index (χ3v) is 3.15. The van der Waals surface area contributed by atoms with Crippen LogP contribution < -0.4 is 10.6 Å². The first-order valence-corrected chi connectivity index (χ1v) is 5.63. The molecule has 0 radical (unpaired) electrons. The molecule has 1 aromatic heterocycles. The minimum atomic E-state index is -1.01. The predicted octanol–water partition coefficient (Wildman–Crippen LogP) is 1.60. The SMILES string of the molecule is CC1(C)CCN(c2cc(C(=O)O)c(N)cn2)C1. The largest absolute Gasteiger partial charge is 0.478 e. The van der Waals surface area contributed by atoms with Gasteiger partial charge in [0.05, 0.1) is 17.4 Å². The van der Waals surface area contributed by atoms with Crippen LogP contribution in [0.2, 0.25) is 0 Å². The van der Waals surface area contributed by atoms with Crippen LogP contribution in [0.25, 0.3) is 0 Å². The molecule has 0 bridgehead atoms. The Kier molecular flexibility index (Phi) is 2.69. The number of carboxylic acid groups (broad SMARTS) is 1. The number of carboxylic acids is 1. The van der Waals surface area contributed by atoms with Crippen molar-refractivity contribution in [1.29, 1.82) is 0 Å². The summed E-state index contributed by atoms with van der Waals surface area (Å²) >= 11 is 0. The second-order valence-corrected chi connectivity index (χ2v) is 5.27. The van der Waals surface area contributed by atoms with Gasteiger partial charge in [0.2, 0.25) is 0 Å². The Hall–Kier alpha value is -1.78. The highest BCUT2D eigenvalue weighted by atomic mass is 16.4. The lowest BCUT2D eigenvalue weighted by atomic mass is 9.93. The molecular weight excluding hydrogens is 218 g/mol. The zero-order valence-corrected chi connectivity index (χ0v) is 10.1. The maximum Gasteiger partial charge on any atom is 0.337 e. The number of hydrogen-bond donors (Lipinski definition) is 2. The van der Waals surface area contributed by atoms with Crippen molar-refractivity contribution in [2.24, 2.45) is 5.41 Å². The van der Waals surface area contributed by atoms with Gasteiger partial charge in [0.25, 0.3) is 0 Å². The highest BCUT2D eigenvalue weighted by Crippen LogP contribution is 2.32. The van der Waals surface area contributed by atoms with E-state index in [1.54, 1.807) is 6.07 Å². The Morgan fingerprint density at radius 2 is 2.29 bits per heavy atom. The van der Waals surface area contributed by atoms with Crippen LogP contribution in [0.4, 0.5) is 11.5 Å². The highest BCUT2D eigenvalue weighted by Gasteiger charge is 2.30. The number of aromatic carboxylic acids is 1. The Bertz CT molecular complexity index is 457. The molecule has 0 atom stereocenters. The van der Waals surface area contributed by atoms with Gasteiger partial charge in [0.1, 0.15) is 5.82 Å². The van der Waals surface area contributed by atoms with E-state index in [9.17, 15) is 4.79 Å². The van der Waals surface area contributed by atoms with Crippen molar-refractivity contribution in [3.63, 3.8) is 0 Å². The maximum atomic E-state index is 11.0. The van der Waals surface area contributed by atoms with Crippen LogP contribution >= 0.6 is 0 Å². The number of pyridine rings is 1. The zero-order valence-electron chi connectivity index (χ0n) is 10.1. The second-order valence-electron chi connectivity index (χ2n) is 5.27. The summed E-state index contributed by atoms with van der Waals surface area (Å²) in [6.45, 7) is 6.19. The first-order chi connectivity index (χ1) is 7.89. The fraction of sp³-hybridized carbons (Fsp3) is 0.500. The van der Waals surface area contributed by atoms with Crippen molar-refractivity contribution in [3.05, 3.63) is 17.8 Å². The molecule has 0 aliphatic carbocycles. The predicted molar refractivity (Wildman–Crippen MR) is 66.2 cm³/mol. The zero-order chi connectivity index (χ0) is 12.6. The molecule has 1 aliphatic rings. The minimum Gasteiger partial charge on any atom is -0.478 e. The van der Waals surface area contributed by atoms with Gasteiger partial charge in [-0.25, -0.2) is 9.78 Å². The molecule has 2 heterocycles. The van der Waals surface area contributed by atoms with Gasteiger partial charge in [0, 0.05) is 13.1 Å². The van der Waals surface area contributed by atoms with Gasteiger partial charge in [0.15, 0.2) is 0 Å². The molecular formula is C12H17N3O2. The van der Waals surface area contributed by atoms with Crippen molar-refractivity contribution in [2.75, 3.05) is 23.7 Å². The molecule has 17 heavy (non-hydrogen) atoms. The number of anilines is 2. The molecule has 1 aromatic rings.